The Morgan fingerprint density at radius 1 is 1.43 bits per heavy atom. The number of aromatic nitrogens is 2. The van der Waals surface area contributed by atoms with Crippen LogP contribution in [0.4, 0.5) is 10.9 Å². The fraction of sp³-hybridized carbons (Fsp3) is 0.471. The Balaban J connectivity index is 1.59. The van der Waals surface area contributed by atoms with Crippen LogP contribution >= 0.6 is 11.3 Å². The van der Waals surface area contributed by atoms with E-state index in [9.17, 15) is 4.79 Å². The zero-order chi connectivity index (χ0) is 16.2. The van der Waals surface area contributed by atoms with Crippen LogP contribution in [0.25, 0.3) is 0 Å². The Morgan fingerprint density at radius 3 is 3.09 bits per heavy atom. The standard InChI is InChI=1S/C17H22N4OS/c1-12-5-4-8-21(10-12)16(22)9-14-11-23-17(19-14)20-15-7-3-6-13(2)18-15/h3,6-7,11-12H,4-5,8-10H2,1-2H3,(H,18,19,20). The van der Waals surface area contributed by atoms with Gasteiger partial charge < -0.3 is 10.2 Å². The molecule has 6 heteroatoms. The van der Waals surface area contributed by atoms with Crippen molar-refractivity contribution in [3.63, 3.8) is 0 Å². The van der Waals surface area contributed by atoms with Crippen molar-refractivity contribution in [2.45, 2.75) is 33.1 Å². The maximum atomic E-state index is 12.4. The monoisotopic (exact) mass is 330 g/mol. The van der Waals surface area contributed by atoms with Gasteiger partial charge in [-0.1, -0.05) is 13.0 Å². The molecule has 5 nitrogen and oxygen atoms in total. The zero-order valence-electron chi connectivity index (χ0n) is 13.6. The van der Waals surface area contributed by atoms with Crippen LogP contribution in [0, 0.1) is 12.8 Å². The number of hydrogen-bond acceptors (Lipinski definition) is 5. The smallest absolute Gasteiger partial charge is 0.228 e. The fourth-order valence-electron chi connectivity index (χ4n) is 2.85. The molecule has 1 aliphatic heterocycles. The van der Waals surface area contributed by atoms with Gasteiger partial charge in [-0.3, -0.25) is 4.79 Å². The van der Waals surface area contributed by atoms with Crippen molar-refractivity contribution in [2.24, 2.45) is 5.92 Å². The van der Waals surface area contributed by atoms with Gasteiger partial charge >= 0.3 is 0 Å². The number of carbonyl (C=O) groups is 1. The number of amides is 1. The lowest BCUT2D eigenvalue weighted by Crippen LogP contribution is -2.39. The summed E-state index contributed by atoms with van der Waals surface area (Å²) in [6.07, 6.45) is 2.71. The second-order valence-electron chi connectivity index (χ2n) is 6.20. The molecule has 2 aromatic heterocycles. The molecule has 3 rings (SSSR count). The van der Waals surface area contributed by atoms with Crippen molar-refractivity contribution in [3.05, 3.63) is 35.0 Å². The number of nitrogens with zero attached hydrogens (tertiary/aromatic N) is 3. The Morgan fingerprint density at radius 2 is 2.30 bits per heavy atom. The molecule has 1 aliphatic rings. The Labute approximate surface area is 140 Å². The van der Waals surface area contributed by atoms with Crippen LogP contribution in [0.3, 0.4) is 0 Å². The second kappa shape index (κ2) is 7.08. The number of rotatable bonds is 4. The first-order valence-electron chi connectivity index (χ1n) is 8.03. The summed E-state index contributed by atoms with van der Waals surface area (Å²) in [6, 6.07) is 5.82. The van der Waals surface area contributed by atoms with E-state index in [0.717, 1.165) is 41.8 Å². The van der Waals surface area contributed by atoms with Gasteiger partial charge in [0.2, 0.25) is 5.91 Å². The van der Waals surface area contributed by atoms with E-state index in [4.69, 9.17) is 0 Å². The van der Waals surface area contributed by atoms with Gasteiger partial charge in [-0.25, -0.2) is 9.97 Å². The van der Waals surface area contributed by atoms with Gasteiger partial charge in [0.25, 0.3) is 0 Å². The maximum absolute atomic E-state index is 12.4. The molecule has 2 aromatic rings. The van der Waals surface area contributed by atoms with E-state index < -0.39 is 0 Å². The average Bonchev–Trinajstić information content (AvgIpc) is 2.94. The summed E-state index contributed by atoms with van der Waals surface area (Å²) in [5.74, 6) is 1.57. The number of aryl methyl sites for hydroxylation is 1. The van der Waals surface area contributed by atoms with E-state index >= 15 is 0 Å². The Bertz CT molecular complexity index is 685. The summed E-state index contributed by atoms with van der Waals surface area (Å²) in [4.78, 5) is 23.3. The van der Waals surface area contributed by atoms with Crippen LogP contribution in [0.2, 0.25) is 0 Å². The molecule has 122 valence electrons. The van der Waals surface area contributed by atoms with E-state index in [1.807, 2.05) is 35.4 Å². The van der Waals surface area contributed by atoms with Crippen LogP contribution in [-0.2, 0) is 11.2 Å². The lowest BCUT2D eigenvalue weighted by atomic mass is 10.00. The largest absolute Gasteiger partial charge is 0.342 e. The minimum absolute atomic E-state index is 0.182. The van der Waals surface area contributed by atoms with Crippen LogP contribution in [0.15, 0.2) is 23.6 Å². The summed E-state index contributed by atoms with van der Waals surface area (Å²) >= 11 is 1.51. The first kappa shape index (κ1) is 15.9. The van der Waals surface area contributed by atoms with Crippen LogP contribution < -0.4 is 5.32 Å². The van der Waals surface area contributed by atoms with Gasteiger partial charge in [0.1, 0.15) is 5.82 Å². The van der Waals surface area contributed by atoms with E-state index in [-0.39, 0.29) is 5.91 Å². The van der Waals surface area contributed by atoms with Gasteiger partial charge in [-0.05, 0) is 37.8 Å². The quantitative estimate of drug-likeness (QED) is 0.933. The third-order valence-electron chi connectivity index (χ3n) is 4.02. The molecule has 1 unspecified atom stereocenters. The summed E-state index contributed by atoms with van der Waals surface area (Å²) in [7, 11) is 0. The lowest BCUT2D eigenvalue weighted by Gasteiger charge is -2.30. The summed E-state index contributed by atoms with van der Waals surface area (Å²) in [5.41, 5.74) is 1.79. The predicted octanol–water partition coefficient (Wildman–Crippen LogP) is 3.39. The second-order valence-corrected chi connectivity index (χ2v) is 7.06. The first-order valence-corrected chi connectivity index (χ1v) is 8.91. The van der Waals surface area contributed by atoms with Crippen LogP contribution in [0.5, 0.6) is 0 Å². The number of pyridine rings is 1. The third kappa shape index (κ3) is 4.28. The summed E-state index contributed by atoms with van der Waals surface area (Å²) in [6.45, 7) is 5.92. The molecule has 23 heavy (non-hydrogen) atoms. The maximum Gasteiger partial charge on any atom is 0.228 e. The number of thiazole rings is 1. The van der Waals surface area contributed by atoms with E-state index in [1.165, 1.54) is 17.8 Å². The number of piperidine rings is 1. The fourth-order valence-corrected chi connectivity index (χ4v) is 3.57. The van der Waals surface area contributed by atoms with Crippen molar-refractivity contribution in [1.29, 1.82) is 0 Å². The summed E-state index contributed by atoms with van der Waals surface area (Å²) < 4.78 is 0. The van der Waals surface area contributed by atoms with E-state index in [0.29, 0.717) is 12.3 Å². The van der Waals surface area contributed by atoms with Crippen LogP contribution in [0.1, 0.15) is 31.2 Å². The SMILES string of the molecule is Cc1cccc(Nc2nc(CC(=O)N3CCCC(C)C3)cs2)n1. The molecule has 0 spiro atoms. The highest BCUT2D eigenvalue weighted by atomic mass is 32.1. The van der Waals surface area contributed by atoms with Gasteiger partial charge in [-0.2, -0.15) is 0 Å². The van der Waals surface area contributed by atoms with Crippen molar-refractivity contribution < 1.29 is 4.79 Å². The molecule has 0 aromatic carbocycles. The van der Waals surface area contributed by atoms with Crippen molar-refractivity contribution in [1.82, 2.24) is 14.9 Å². The van der Waals surface area contributed by atoms with Crippen LogP contribution in [-0.4, -0.2) is 33.9 Å². The number of hydrogen-bond donors (Lipinski definition) is 1. The Hall–Kier alpha value is -1.95. The topological polar surface area (TPSA) is 58.1 Å². The molecular formula is C17H22N4OS. The molecule has 1 N–H and O–H groups in total. The lowest BCUT2D eigenvalue weighted by molar-refractivity contribution is -0.132. The average molecular weight is 330 g/mol. The molecular weight excluding hydrogens is 308 g/mol. The summed E-state index contributed by atoms with van der Waals surface area (Å²) in [5, 5.41) is 5.92. The molecule has 3 heterocycles. The van der Waals surface area contributed by atoms with Gasteiger partial charge in [-0.15, -0.1) is 11.3 Å². The number of likely N-dealkylation sites (tertiary alicyclic amines) is 1. The van der Waals surface area contributed by atoms with Crippen molar-refractivity contribution >= 4 is 28.2 Å². The zero-order valence-corrected chi connectivity index (χ0v) is 14.4. The van der Waals surface area contributed by atoms with Gasteiger partial charge in [0, 0.05) is 24.2 Å². The predicted molar refractivity (Wildman–Crippen MR) is 93.1 cm³/mol. The minimum atomic E-state index is 0.182. The molecule has 1 saturated heterocycles. The van der Waals surface area contributed by atoms with Crippen molar-refractivity contribution in [2.75, 3.05) is 18.4 Å². The number of nitrogens with one attached hydrogen (secondary N) is 1. The highest BCUT2D eigenvalue weighted by molar-refractivity contribution is 7.13. The highest BCUT2D eigenvalue weighted by Gasteiger charge is 2.21. The third-order valence-corrected chi connectivity index (χ3v) is 4.82. The normalized spacial score (nSPS) is 18.0. The minimum Gasteiger partial charge on any atom is -0.342 e. The van der Waals surface area contributed by atoms with Gasteiger partial charge in [0.05, 0.1) is 12.1 Å². The number of carbonyl (C=O) groups excluding carboxylic acids is 1. The molecule has 0 bridgehead atoms. The molecule has 1 fully saturated rings. The van der Waals surface area contributed by atoms with E-state index in [2.05, 4.69) is 22.2 Å². The molecule has 1 amide bonds. The molecule has 0 aliphatic carbocycles. The first-order chi connectivity index (χ1) is 11.1. The molecule has 1 atom stereocenters. The number of anilines is 2. The molecule has 0 radical (unpaired) electrons. The van der Waals surface area contributed by atoms with Crippen molar-refractivity contribution in [3.8, 4) is 0 Å². The molecule has 0 saturated carbocycles. The van der Waals surface area contributed by atoms with Gasteiger partial charge in [0.15, 0.2) is 5.13 Å². The highest BCUT2D eigenvalue weighted by Crippen LogP contribution is 2.21. The Kier molecular flexibility index (Phi) is 4.91. The van der Waals surface area contributed by atoms with E-state index in [1.54, 1.807) is 0 Å².